The van der Waals surface area contributed by atoms with Gasteiger partial charge < -0.3 is 14.7 Å². The van der Waals surface area contributed by atoms with E-state index in [0.717, 1.165) is 18.4 Å². The van der Waals surface area contributed by atoms with Crippen LogP contribution < -0.4 is 0 Å². The van der Waals surface area contributed by atoms with E-state index < -0.39 is 6.10 Å². The number of ether oxygens (including phenoxy) is 1. The SMILES string of the molecule is COC1(C)CCN(C2=C(C#N)C(=O)Cc3ccc(C(C)O)nc32)CC1. The number of allylic oxidation sites excluding steroid dienone is 1. The van der Waals surface area contributed by atoms with E-state index in [1.807, 2.05) is 6.07 Å². The highest BCUT2D eigenvalue weighted by atomic mass is 16.5. The van der Waals surface area contributed by atoms with E-state index >= 15 is 0 Å². The summed E-state index contributed by atoms with van der Waals surface area (Å²) in [5.41, 5.74) is 2.60. The lowest BCUT2D eigenvalue weighted by atomic mass is 9.88. The zero-order valence-corrected chi connectivity index (χ0v) is 14.9. The van der Waals surface area contributed by atoms with Crippen LogP contribution in [0.5, 0.6) is 0 Å². The molecule has 6 nitrogen and oxygen atoms in total. The third-order valence-corrected chi connectivity index (χ3v) is 5.26. The van der Waals surface area contributed by atoms with Crippen LogP contribution in [0.4, 0.5) is 0 Å². The molecule has 1 atom stereocenters. The topological polar surface area (TPSA) is 86.5 Å². The summed E-state index contributed by atoms with van der Waals surface area (Å²) in [6, 6.07) is 5.65. The molecular formula is C19H23N3O3. The molecule has 1 unspecified atom stereocenters. The van der Waals surface area contributed by atoms with E-state index in [0.29, 0.717) is 30.2 Å². The number of likely N-dealkylation sites (tertiary alicyclic amines) is 1. The Hall–Kier alpha value is -2.23. The number of pyridine rings is 1. The first kappa shape index (κ1) is 17.6. The molecule has 6 heteroatoms. The number of hydrogen-bond donors (Lipinski definition) is 1. The number of rotatable bonds is 3. The van der Waals surface area contributed by atoms with Gasteiger partial charge in [-0.05, 0) is 38.3 Å². The van der Waals surface area contributed by atoms with Crippen molar-refractivity contribution in [1.29, 1.82) is 5.26 Å². The van der Waals surface area contributed by atoms with Gasteiger partial charge in [-0.3, -0.25) is 4.79 Å². The van der Waals surface area contributed by atoms with Crippen molar-refractivity contribution in [3.8, 4) is 6.07 Å². The predicted octanol–water partition coefficient (Wildman–Crippen LogP) is 2.00. The van der Waals surface area contributed by atoms with Crippen molar-refractivity contribution in [3.05, 3.63) is 34.7 Å². The molecule has 1 N–H and O–H groups in total. The molecule has 1 aliphatic heterocycles. The van der Waals surface area contributed by atoms with Gasteiger partial charge in [-0.1, -0.05) is 6.07 Å². The standard InChI is InChI=1S/C19H23N3O3/c1-12(23)15-5-4-13-10-16(24)14(11-20)18(17(13)21-15)22-8-6-19(2,25-3)7-9-22/h4-5,12,23H,6-10H2,1-3H3. The number of aliphatic hydroxyl groups excluding tert-OH is 1. The molecule has 2 heterocycles. The zero-order valence-electron chi connectivity index (χ0n) is 14.9. The second kappa shape index (κ2) is 6.58. The molecule has 1 fully saturated rings. The summed E-state index contributed by atoms with van der Waals surface area (Å²) >= 11 is 0. The van der Waals surface area contributed by atoms with Gasteiger partial charge in [0, 0.05) is 26.6 Å². The van der Waals surface area contributed by atoms with Crippen LogP contribution in [0.25, 0.3) is 5.70 Å². The molecule has 2 aliphatic rings. The molecular weight excluding hydrogens is 318 g/mol. The van der Waals surface area contributed by atoms with E-state index in [1.165, 1.54) is 0 Å². The van der Waals surface area contributed by atoms with Crippen LogP contribution in [0.15, 0.2) is 17.7 Å². The monoisotopic (exact) mass is 341 g/mol. The van der Waals surface area contributed by atoms with E-state index in [-0.39, 0.29) is 23.4 Å². The Kier molecular flexibility index (Phi) is 4.63. The average molecular weight is 341 g/mol. The number of nitrogens with zero attached hydrogens (tertiary/aromatic N) is 3. The van der Waals surface area contributed by atoms with E-state index in [2.05, 4.69) is 22.9 Å². The number of carbonyl (C=O) groups is 1. The Balaban J connectivity index is 2.05. The minimum absolute atomic E-state index is 0.170. The van der Waals surface area contributed by atoms with E-state index in [9.17, 15) is 15.2 Å². The molecule has 0 spiro atoms. The fourth-order valence-electron chi connectivity index (χ4n) is 3.43. The first-order valence-electron chi connectivity index (χ1n) is 8.54. The Morgan fingerprint density at radius 1 is 1.40 bits per heavy atom. The minimum atomic E-state index is -0.701. The van der Waals surface area contributed by atoms with Crippen LogP contribution in [-0.2, 0) is 16.0 Å². The van der Waals surface area contributed by atoms with Gasteiger partial charge in [0.1, 0.15) is 11.6 Å². The Labute approximate surface area is 147 Å². The molecule has 1 saturated heterocycles. The van der Waals surface area contributed by atoms with Crippen molar-refractivity contribution in [3.63, 3.8) is 0 Å². The fraction of sp³-hybridized carbons (Fsp3) is 0.526. The second-order valence-electron chi connectivity index (χ2n) is 7.00. The molecule has 0 bridgehead atoms. The number of fused-ring (bicyclic) bond motifs is 1. The Bertz CT molecular complexity index is 769. The third kappa shape index (κ3) is 3.17. The average Bonchev–Trinajstić information content (AvgIpc) is 2.61. The van der Waals surface area contributed by atoms with Crippen LogP contribution in [0.1, 0.15) is 49.7 Å². The van der Waals surface area contributed by atoms with Crippen molar-refractivity contribution < 1.29 is 14.6 Å². The molecule has 25 heavy (non-hydrogen) atoms. The zero-order chi connectivity index (χ0) is 18.2. The van der Waals surface area contributed by atoms with Crippen molar-refractivity contribution >= 4 is 11.5 Å². The van der Waals surface area contributed by atoms with Crippen molar-refractivity contribution in [2.75, 3.05) is 20.2 Å². The van der Waals surface area contributed by atoms with Crippen LogP contribution in [-0.4, -0.2) is 46.6 Å². The molecule has 0 radical (unpaired) electrons. The van der Waals surface area contributed by atoms with Gasteiger partial charge >= 0.3 is 0 Å². The van der Waals surface area contributed by atoms with Crippen molar-refractivity contribution in [1.82, 2.24) is 9.88 Å². The number of hydrogen-bond acceptors (Lipinski definition) is 6. The Morgan fingerprint density at radius 2 is 2.08 bits per heavy atom. The summed E-state index contributed by atoms with van der Waals surface area (Å²) in [4.78, 5) is 19.1. The summed E-state index contributed by atoms with van der Waals surface area (Å²) in [6.45, 7) is 5.12. The van der Waals surface area contributed by atoms with Crippen LogP contribution >= 0.6 is 0 Å². The lowest BCUT2D eigenvalue weighted by Crippen LogP contribution is -2.44. The number of aromatic nitrogens is 1. The number of nitriles is 1. The number of carbonyl (C=O) groups excluding carboxylic acids is 1. The molecule has 1 aromatic heterocycles. The first-order chi connectivity index (χ1) is 11.9. The summed E-state index contributed by atoms with van der Waals surface area (Å²) in [5.74, 6) is -0.170. The summed E-state index contributed by atoms with van der Waals surface area (Å²) in [6.07, 6.45) is 1.10. The smallest absolute Gasteiger partial charge is 0.180 e. The number of ketones is 1. The fourth-order valence-corrected chi connectivity index (χ4v) is 3.43. The van der Waals surface area contributed by atoms with E-state index in [1.54, 1.807) is 20.1 Å². The Morgan fingerprint density at radius 3 is 2.64 bits per heavy atom. The lowest BCUT2D eigenvalue weighted by molar-refractivity contribution is -0.114. The van der Waals surface area contributed by atoms with Crippen LogP contribution in [0.2, 0.25) is 0 Å². The highest BCUT2D eigenvalue weighted by molar-refractivity contribution is 6.09. The second-order valence-corrected chi connectivity index (χ2v) is 7.00. The summed E-state index contributed by atoms with van der Waals surface area (Å²) in [7, 11) is 1.71. The summed E-state index contributed by atoms with van der Waals surface area (Å²) in [5, 5.41) is 19.4. The van der Waals surface area contributed by atoms with Crippen LogP contribution in [0.3, 0.4) is 0 Å². The van der Waals surface area contributed by atoms with Gasteiger partial charge in [-0.2, -0.15) is 5.26 Å². The molecule has 132 valence electrons. The van der Waals surface area contributed by atoms with Gasteiger partial charge in [0.25, 0.3) is 0 Å². The lowest BCUT2D eigenvalue weighted by Gasteiger charge is -2.41. The van der Waals surface area contributed by atoms with E-state index in [4.69, 9.17) is 4.74 Å². The van der Waals surface area contributed by atoms with Crippen molar-refractivity contribution in [2.24, 2.45) is 0 Å². The first-order valence-corrected chi connectivity index (χ1v) is 8.54. The maximum absolute atomic E-state index is 12.4. The van der Waals surface area contributed by atoms with Gasteiger partial charge in [0.2, 0.25) is 0 Å². The molecule has 0 saturated carbocycles. The highest BCUT2D eigenvalue weighted by Gasteiger charge is 2.36. The number of piperidine rings is 1. The maximum Gasteiger partial charge on any atom is 0.180 e. The van der Waals surface area contributed by atoms with Gasteiger partial charge in [0.15, 0.2) is 5.78 Å². The van der Waals surface area contributed by atoms with Gasteiger partial charge in [-0.25, -0.2) is 4.98 Å². The molecule has 0 aromatic carbocycles. The van der Waals surface area contributed by atoms with Crippen molar-refractivity contribution in [2.45, 2.75) is 44.8 Å². The van der Waals surface area contributed by atoms with Crippen LogP contribution in [0, 0.1) is 11.3 Å². The minimum Gasteiger partial charge on any atom is -0.387 e. The van der Waals surface area contributed by atoms with Gasteiger partial charge in [0.05, 0.1) is 28.8 Å². The summed E-state index contributed by atoms with van der Waals surface area (Å²) < 4.78 is 5.59. The molecule has 1 aliphatic carbocycles. The number of methoxy groups -OCH3 is 1. The maximum atomic E-state index is 12.4. The highest BCUT2D eigenvalue weighted by Crippen LogP contribution is 2.35. The number of Topliss-reactive ketones (excluding diaryl/α,β-unsaturated/α-hetero) is 1. The molecule has 3 rings (SSSR count). The molecule has 1 aromatic rings. The third-order valence-electron chi connectivity index (χ3n) is 5.26. The predicted molar refractivity (Wildman–Crippen MR) is 92.3 cm³/mol. The number of aliphatic hydroxyl groups is 1. The molecule has 0 amide bonds. The van der Waals surface area contributed by atoms with Gasteiger partial charge in [-0.15, -0.1) is 0 Å². The largest absolute Gasteiger partial charge is 0.387 e. The quantitative estimate of drug-likeness (QED) is 0.905. The normalized spacial score (nSPS) is 20.9.